The van der Waals surface area contributed by atoms with Crippen molar-refractivity contribution in [2.45, 2.75) is 38.8 Å². The Balaban J connectivity index is -0.0000000625. The van der Waals surface area contributed by atoms with Gasteiger partial charge in [-0.25, -0.2) is 0 Å². The maximum Gasteiger partial charge on any atom is 1.00 e. The van der Waals surface area contributed by atoms with Crippen LogP contribution in [0.5, 0.6) is 0 Å². The summed E-state index contributed by atoms with van der Waals surface area (Å²) >= 11 is 0. The molecule has 6 heteroatoms. The maximum absolute atomic E-state index is 8.28. The van der Waals surface area contributed by atoms with Crippen molar-refractivity contribution in [2.24, 2.45) is 11.5 Å². The molecule has 0 aliphatic rings. The molecular formula is C8H25CuN2O3+2. The Bertz CT molecular complexity index is 96.1. The minimum Gasteiger partial charge on any atom is -0.457 e. The predicted octanol–water partition coefficient (Wildman–Crippen LogP) is -1.49. The van der Waals surface area contributed by atoms with E-state index in [0.717, 1.165) is 0 Å². The van der Waals surface area contributed by atoms with Crippen molar-refractivity contribution in [2.75, 3.05) is 13.2 Å². The molecule has 94 valence electrons. The molecule has 0 fully saturated rings. The molecule has 0 aliphatic heterocycles. The first kappa shape index (κ1) is 23.9. The molecule has 0 atom stereocenters. The van der Waals surface area contributed by atoms with E-state index in [1.54, 1.807) is 27.7 Å². The minimum atomic E-state index is -0.403. The summed E-state index contributed by atoms with van der Waals surface area (Å²) in [4.78, 5) is 0. The van der Waals surface area contributed by atoms with Crippen molar-refractivity contribution in [1.82, 2.24) is 0 Å². The van der Waals surface area contributed by atoms with Crippen LogP contribution in [-0.4, -0.2) is 34.5 Å². The molecule has 0 radical (unpaired) electrons. The summed E-state index contributed by atoms with van der Waals surface area (Å²) in [6.45, 7) is 7.18. The zero-order valence-corrected chi connectivity index (χ0v) is 10.3. The Morgan fingerprint density at radius 2 is 0.929 bits per heavy atom. The van der Waals surface area contributed by atoms with Crippen molar-refractivity contribution in [3.63, 3.8) is 0 Å². The average molecular weight is 261 g/mol. The molecule has 5 nitrogen and oxygen atoms in total. The molecule has 0 aromatic carbocycles. The van der Waals surface area contributed by atoms with Crippen molar-refractivity contribution in [1.29, 1.82) is 0 Å². The van der Waals surface area contributed by atoms with Crippen LogP contribution in [0.1, 0.15) is 27.7 Å². The first-order chi connectivity index (χ1) is 5.12. The Kier molecular flexibility index (Phi) is 16.8. The van der Waals surface area contributed by atoms with Gasteiger partial charge in [-0.3, -0.25) is 0 Å². The predicted molar refractivity (Wildman–Crippen MR) is 55.6 cm³/mol. The summed E-state index contributed by atoms with van der Waals surface area (Å²) in [5.74, 6) is 0. The summed E-state index contributed by atoms with van der Waals surface area (Å²) in [6, 6.07) is 0. The Morgan fingerprint density at radius 1 is 0.857 bits per heavy atom. The van der Waals surface area contributed by atoms with Gasteiger partial charge in [-0.2, -0.15) is 0 Å². The Labute approximate surface area is 96.6 Å². The van der Waals surface area contributed by atoms with Crippen LogP contribution in [-0.2, 0) is 22.5 Å². The third kappa shape index (κ3) is 39.5. The normalized spacial score (nSPS) is 10.3. The van der Waals surface area contributed by atoms with E-state index in [2.05, 4.69) is 0 Å². The molecule has 14 heavy (non-hydrogen) atoms. The van der Waals surface area contributed by atoms with Gasteiger partial charge in [0.2, 0.25) is 0 Å². The van der Waals surface area contributed by atoms with Crippen LogP contribution in [0.2, 0.25) is 0 Å². The molecule has 0 unspecified atom stereocenters. The SMILES string of the molecule is CC(C)(N)CO.CC(C)(N)CO.[Cu+].[OH3+]. The third-order valence-electron chi connectivity index (χ3n) is 0.815. The van der Waals surface area contributed by atoms with E-state index in [9.17, 15) is 0 Å². The molecule has 0 rings (SSSR count). The standard InChI is InChI=1S/2C4H11NO.Cu.H2O/c2*1-4(2,5)3-6;;/h2*6H,3,5H2,1-2H3;;1H2/q;;+1;/p+1. The minimum absolute atomic E-state index is 0. The second-order valence-electron chi connectivity index (χ2n) is 4.29. The van der Waals surface area contributed by atoms with E-state index in [-0.39, 0.29) is 35.8 Å². The van der Waals surface area contributed by atoms with Crippen LogP contribution in [0, 0.1) is 0 Å². The zero-order chi connectivity index (χ0) is 10.4. The number of hydrogen-bond donors (Lipinski definition) is 4. The van der Waals surface area contributed by atoms with E-state index >= 15 is 0 Å². The molecule has 0 aromatic heterocycles. The van der Waals surface area contributed by atoms with E-state index in [0.29, 0.717) is 0 Å². The van der Waals surface area contributed by atoms with Crippen LogP contribution in [0.3, 0.4) is 0 Å². The van der Waals surface area contributed by atoms with Gasteiger partial charge in [0, 0.05) is 11.1 Å². The van der Waals surface area contributed by atoms with Crippen molar-refractivity contribution in [3.8, 4) is 0 Å². The molecule has 0 amide bonds. The molecule has 0 spiro atoms. The number of nitrogens with two attached hydrogens (primary N) is 2. The monoisotopic (exact) mass is 260 g/mol. The van der Waals surface area contributed by atoms with Crippen LogP contribution in [0.4, 0.5) is 0 Å². The van der Waals surface area contributed by atoms with Gasteiger partial charge >= 0.3 is 17.1 Å². The second-order valence-corrected chi connectivity index (χ2v) is 4.29. The molecule has 0 saturated carbocycles. The van der Waals surface area contributed by atoms with Crippen molar-refractivity contribution < 1.29 is 32.8 Å². The van der Waals surface area contributed by atoms with Gasteiger partial charge < -0.3 is 27.2 Å². The third-order valence-corrected chi connectivity index (χ3v) is 0.815. The van der Waals surface area contributed by atoms with Crippen LogP contribution in [0.15, 0.2) is 0 Å². The Hall–Kier alpha value is 0.319. The summed E-state index contributed by atoms with van der Waals surface area (Å²) in [6.07, 6.45) is 0. The Morgan fingerprint density at radius 3 is 0.929 bits per heavy atom. The maximum atomic E-state index is 8.28. The van der Waals surface area contributed by atoms with Crippen molar-refractivity contribution in [3.05, 3.63) is 0 Å². The van der Waals surface area contributed by atoms with E-state index in [1.807, 2.05) is 0 Å². The molecule has 9 N–H and O–H groups in total. The van der Waals surface area contributed by atoms with E-state index < -0.39 is 11.1 Å². The largest absolute Gasteiger partial charge is 1.00 e. The van der Waals surface area contributed by atoms with Gasteiger partial charge in [0.05, 0.1) is 13.2 Å². The topological polar surface area (TPSA) is 126 Å². The summed E-state index contributed by atoms with van der Waals surface area (Å²) < 4.78 is 0. The zero-order valence-electron chi connectivity index (χ0n) is 9.34. The molecule has 0 heterocycles. The second kappa shape index (κ2) is 9.86. The van der Waals surface area contributed by atoms with Crippen LogP contribution >= 0.6 is 0 Å². The van der Waals surface area contributed by atoms with Gasteiger partial charge in [0.25, 0.3) is 0 Å². The van der Waals surface area contributed by atoms with Crippen LogP contribution < -0.4 is 11.5 Å². The van der Waals surface area contributed by atoms with Gasteiger partial charge in [-0.1, -0.05) is 0 Å². The molecule has 0 aromatic rings. The fourth-order valence-electron chi connectivity index (χ4n) is 0. The van der Waals surface area contributed by atoms with E-state index in [4.69, 9.17) is 21.7 Å². The molecular weight excluding hydrogens is 236 g/mol. The number of hydrogen-bond acceptors (Lipinski definition) is 4. The van der Waals surface area contributed by atoms with Crippen molar-refractivity contribution >= 4 is 0 Å². The van der Waals surface area contributed by atoms with E-state index in [1.165, 1.54) is 0 Å². The smallest absolute Gasteiger partial charge is 0.457 e. The fourth-order valence-corrected chi connectivity index (χ4v) is 0. The summed E-state index contributed by atoms with van der Waals surface area (Å²) in [7, 11) is 0. The van der Waals surface area contributed by atoms with Crippen LogP contribution in [0.25, 0.3) is 0 Å². The summed E-state index contributed by atoms with van der Waals surface area (Å²) in [5, 5.41) is 16.6. The number of aliphatic hydroxyl groups excluding tert-OH is 2. The number of aliphatic hydroxyl groups is 2. The first-order valence-corrected chi connectivity index (χ1v) is 3.92. The summed E-state index contributed by atoms with van der Waals surface area (Å²) in [5.41, 5.74) is 9.76. The van der Waals surface area contributed by atoms with Gasteiger partial charge in [-0.15, -0.1) is 0 Å². The van der Waals surface area contributed by atoms with Gasteiger partial charge in [0.15, 0.2) is 0 Å². The van der Waals surface area contributed by atoms with Gasteiger partial charge in [-0.05, 0) is 27.7 Å². The molecule has 0 bridgehead atoms. The number of rotatable bonds is 2. The average Bonchev–Trinajstić information content (AvgIpc) is 1.86. The molecule has 0 saturated heterocycles. The molecule has 0 aliphatic carbocycles. The fraction of sp³-hybridized carbons (Fsp3) is 1.00. The quantitative estimate of drug-likeness (QED) is 0.356. The first-order valence-electron chi connectivity index (χ1n) is 3.92. The van der Waals surface area contributed by atoms with Gasteiger partial charge in [0.1, 0.15) is 0 Å².